The van der Waals surface area contributed by atoms with E-state index in [-0.39, 0.29) is 0 Å². The zero-order valence-electron chi connectivity index (χ0n) is 10.0. The lowest BCUT2D eigenvalue weighted by Crippen LogP contribution is -2.32. The highest BCUT2D eigenvalue weighted by Crippen LogP contribution is 2.30. The van der Waals surface area contributed by atoms with Crippen LogP contribution in [0.4, 0.5) is 5.69 Å². The van der Waals surface area contributed by atoms with Crippen LogP contribution >= 0.6 is 0 Å². The van der Waals surface area contributed by atoms with E-state index < -0.39 is 0 Å². The van der Waals surface area contributed by atoms with Gasteiger partial charge >= 0.3 is 0 Å². The molecule has 1 heterocycles. The Labute approximate surface area is 93.1 Å². The zero-order chi connectivity index (χ0) is 10.8. The summed E-state index contributed by atoms with van der Waals surface area (Å²) in [6.07, 6.45) is 2.61. The molecule has 1 aliphatic heterocycles. The molecule has 0 N–H and O–H groups in total. The molecule has 1 aliphatic rings. The van der Waals surface area contributed by atoms with Crippen molar-refractivity contribution in [2.75, 3.05) is 18.5 Å². The van der Waals surface area contributed by atoms with Crippen molar-refractivity contribution < 1.29 is 0 Å². The van der Waals surface area contributed by atoms with Crippen LogP contribution in [0.1, 0.15) is 25.8 Å². The molecule has 0 spiro atoms. The fraction of sp³-hybridized carbons (Fsp3) is 0.571. The van der Waals surface area contributed by atoms with E-state index in [9.17, 15) is 0 Å². The van der Waals surface area contributed by atoms with Gasteiger partial charge in [0.2, 0.25) is 0 Å². The number of hydrogen-bond acceptors (Lipinski definition) is 1. The summed E-state index contributed by atoms with van der Waals surface area (Å²) in [6.45, 7) is 5.86. The second kappa shape index (κ2) is 4.26. The number of nitrogens with zero attached hydrogens (tertiary/aromatic N) is 1. The zero-order valence-corrected chi connectivity index (χ0v) is 10.0. The molecular weight excluding hydrogens is 182 g/mol. The summed E-state index contributed by atoms with van der Waals surface area (Å²) in [4.78, 5) is 2.41. The summed E-state index contributed by atoms with van der Waals surface area (Å²) in [5.74, 6) is 1.65. The molecule has 1 aromatic carbocycles. The average molecular weight is 203 g/mol. The van der Waals surface area contributed by atoms with E-state index in [1.54, 1.807) is 0 Å². The Morgan fingerprint density at radius 2 is 2.07 bits per heavy atom. The Morgan fingerprint density at radius 1 is 1.33 bits per heavy atom. The number of rotatable bonds is 2. The van der Waals surface area contributed by atoms with Crippen molar-refractivity contribution in [2.45, 2.75) is 26.7 Å². The van der Waals surface area contributed by atoms with Crippen LogP contribution in [0.3, 0.4) is 0 Å². The van der Waals surface area contributed by atoms with Gasteiger partial charge in [-0.15, -0.1) is 0 Å². The van der Waals surface area contributed by atoms with Gasteiger partial charge in [-0.25, -0.2) is 0 Å². The highest BCUT2D eigenvalue weighted by Gasteiger charge is 2.21. The second-order valence-electron chi connectivity index (χ2n) is 5.21. The summed E-state index contributed by atoms with van der Waals surface area (Å²) in [5, 5.41) is 0. The van der Waals surface area contributed by atoms with Crippen molar-refractivity contribution in [2.24, 2.45) is 11.8 Å². The molecule has 2 rings (SSSR count). The van der Waals surface area contributed by atoms with Crippen molar-refractivity contribution in [3.63, 3.8) is 0 Å². The minimum absolute atomic E-state index is 0.814. The first-order valence-electron chi connectivity index (χ1n) is 5.96. The molecule has 1 unspecified atom stereocenters. The van der Waals surface area contributed by atoms with Gasteiger partial charge in [0.25, 0.3) is 0 Å². The molecule has 0 saturated heterocycles. The smallest absolute Gasteiger partial charge is 0.0396 e. The summed E-state index contributed by atoms with van der Waals surface area (Å²) in [5.41, 5.74) is 2.95. The van der Waals surface area contributed by atoms with Crippen LogP contribution in [0.2, 0.25) is 0 Å². The molecule has 1 nitrogen and oxygen atoms in total. The maximum absolute atomic E-state index is 2.41. The summed E-state index contributed by atoms with van der Waals surface area (Å²) < 4.78 is 0. The van der Waals surface area contributed by atoms with E-state index in [2.05, 4.69) is 50.1 Å². The summed E-state index contributed by atoms with van der Waals surface area (Å²) in [6, 6.07) is 8.81. The molecule has 0 saturated carbocycles. The molecular formula is C14H21N. The maximum Gasteiger partial charge on any atom is 0.0396 e. The molecule has 1 heteroatoms. The molecule has 0 radical (unpaired) electrons. The molecule has 0 aliphatic carbocycles. The Kier molecular flexibility index (Phi) is 2.99. The van der Waals surface area contributed by atoms with Gasteiger partial charge in [0, 0.05) is 19.3 Å². The van der Waals surface area contributed by atoms with Gasteiger partial charge in [-0.1, -0.05) is 32.0 Å². The van der Waals surface area contributed by atoms with E-state index in [0.717, 1.165) is 11.8 Å². The lowest BCUT2D eigenvalue weighted by Gasteiger charge is -2.34. The van der Waals surface area contributed by atoms with Crippen LogP contribution < -0.4 is 4.90 Å². The van der Waals surface area contributed by atoms with Crippen LogP contribution in [0.25, 0.3) is 0 Å². The first-order chi connectivity index (χ1) is 7.16. The molecule has 82 valence electrons. The van der Waals surface area contributed by atoms with Gasteiger partial charge in [0.1, 0.15) is 0 Å². The minimum atomic E-state index is 0.814. The number of anilines is 1. The third kappa shape index (κ3) is 2.34. The molecule has 1 atom stereocenters. The third-order valence-corrected chi connectivity index (χ3v) is 3.25. The standard InChI is InChI=1S/C14H21N/c1-11(2)8-12-9-13-6-4-5-7-14(13)15(3)10-12/h4-7,11-12H,8-10H2,1-3H3. The van der Waals surface area contributed by atoms with Crippen molar-refractivity contribution >= 4 is 5.69 Å². The van der Waals surface area contributed by atoms with E-state index in [1.807, 2.05) is 0 Å². The fourth-order valence-electron chi connectivity index (χ4n) is 2.74. The Morgan fingerprint density at radius 3 is 2.80 bits per heavy atom. The maximum atomic E-state index is 2.41. The Balaban J connectivity index is 2.15. The van der Waals surface area contributed by atoms with Crippen LogP contribution in [0, 0.1) is 11.8 Å². The quantitative estimate of drug-likeness (QED) is 0.712. The summed E-state index contributed by atoms with van der Waals surface area (Å²) in [7, 11) is 2.21. The monoisotopic (exact) mass is 203 g/mol. The molecule has 15 heavy (non-hydrogen) atoms. The van der Waals surface area contributed by atoms with Gasteiger partial charge in [0.05, 0.1) is 0 Å². The second-order valence-corrected chi connectivity index (χ2v) is 5.21. The van der Waals surface area contributed by atoms with Gasteiger partial charge in [-0.3, -0.25) is 0 Å². The van der Waals surface area contributed by atoms with Crippen molar-refractivity contribution in [1.29, 1.82) is 0 Å². The van der Waals surface area contributed by atoms with Crippen LogP contribution in [-0.4, -0.2) is 13.6 Å². The number of fused-ring (bicyclic) bond motifs is 1. The van der Waals surface area contributed by atoms with E-state index >= 15 is 0 Å². The van der Waals surface area contributed by atoms with Crippen molar-refractivity contribution in [3.8, 4) is 0 Å². The topological polar surface area (TPSA) is 3.24 Å². The highest BCUT2D eigenvalue weighted by molar-refractivity contribution is 5.55. The Bertz CT molecular complexity index is 330. The lowest BCUT2D eigenvalue weighted by atomic mass is 9.87. The predicted octanol–water partition coefficient (Wildman–Crippen LogP) is 3.34. The van der Waals surface area contributed by atoms with Crippen molar-refractivity contribution in [1.82, 2.24) is 0 Å². The minimum Gasteiger partial charge on any atom is -0.374 e. The van der Waals surface area contributed by atoms with Crippen LogP contribution in [-0.2, 0) is 6.42 Å². The molecule has 0 amide bonds. The van der Waals surface area contributed by atoms with Crippen LogP contribution in [0.15, 0.2) is 24.3 Å². The molecule has 0 aromatic heterocycles. The number of para-hydroxylation sites is 1. The Hall–Kier alpha value is -0.980. The SMILES string of the molecule is CC(C)CC1Cc2ccccc2N(C)C1. The van der Waals surface area contributed by atoms with Gasteiger partial charge in [0.15, 0.2) is 0 Å². The molecule has 1 aromatic rings. The third-order valence-electron chi connectivity index (χ3n) is 3.25. The molecule has 0 fully saturated rings. The van der Waals surface area contributed by atoms with Gasteiger partial charge in [-0.2, -0.15) is 0 Å². The molecule has 0 bridgehead atoms. The van der Waals surface area contributed by atoms with E-state index in [0.29, 0.717) is 0 Å². The normalized spacial score (nSPS) is 20.5. The number of benzene rings is 1. The highest BCUT2D eigenvalue weighted by atomic mass is 15.1. The number of hydrogen-bond donors (Lipinski definition) is 0. The first kappa shape index (κ1) is 10.5. The fourth-order valence-corrected chi connectivity index (χ4v) is 2.74. The summed E-state index contributed by atoms with van der Waals surface area (Å²) >= 11 is 0. The van der Waals surface area contributed by atoms with Gasteiger partial charge < -0.3 is 4.90 Å². The van der Waals surface area contributed by atoms with E-state index in [4.69, 9.17) is 0 Å². The largest absolute Gasteiger partial charge is 0.374 e. The first-order valence-corrected chi connectivity index (χ1v) is 5.96. The average Bonchev–Trinajstić information content (AvgIpc) is 2.16. The van der Waals surface area contributed by atoms with Crippen LogP contribution in [0.5, 0.6) is 0 Å². The van der Waals surface area contributed by atoms with Crippen molar-refractivity contribution in [3.05, 3.63) is 29.8 Å². The van der Waals surface area contributed by atoms with E-state index in [1.165, 1.54) is 30.6 Å². The predicted molar refractivity (Wildman–Crippen MR) is 66.4 cm³/mol. The van der Waals surface area contributed by atoms with Gasteiger partial charge in [-0.05, 0) is 36.3 Å². The lowest BCUT2D eigenvalue weighted by molar-refractivity contribution is 0.399.